The van der Waals surface area contributed by atoms with Crippen molar-refractivity contribution in [2.45, 2.75) is 19.9 Å². The molecular formula is C13H15N5O. The number of hydrogen-bond donors (Lipinski definition) is 2. The molecule has 0 unspecified atom stereocenters. The third kappa shape index (κ3) is 1.90. The molecule has 0 saturated carbocycles. The van der Waals surface area contributed by atoms with Gasteiger partial charge in [0.05, 0.1) is 23.1 Å². The van der Waals surface area contributed by atoms with Crippen molar-refractivity contribution in [1.82, 2.24) is 20.1 Å². The van der Waals surface area contributed by atoms with E-state index < -0.39 is 0 Å². The van der Waals surface area contributed by atoms with Gasteiger partial charge in [-0.2, -0.15) is 9.78 Å². The van der Waals surface area contributed by atoms with E-state index in [1.807, 2.05) is 6.20 Å². The highest BCUT2D eigenvalue weighted by atomic mass is 16.2. The molecule has 0 spiro atoms. The van der Waals surface area contributed by atoms with Crippen molar-refractivity contribution in [2.24, 2.45) is 0 Å². The predicted octanol–water partition coefficient (Wildman–Crippen LogP) is 0.503. The van der Waals surface area contributed by atoms with Crippen molar-refractivity contribution < 1.29 is 4.79 Å². The van der Waals surface area contributed by atoms with E-state index in [1.54, 1.807) is 13.1 Å². The van der Waals surface area contributed by atoms with Gasteiger partial charge in [-0.05, 0) is 31.0 Å². The Hall–Kier alpha value is -2.21. The van der Waals surface area contributed by atoms with Crippen LogP contribution >= 0.6 is 0 Å². The second-order valence-electron chi connectivity index (χ2n) is 4.65. The molecule has 19 heavy (non-hydrogen) atoms. The van der Waals surface area contributed by atoms with Crippen LogP contribution in [0.2, 0.25) is 0 Å². The highest BCUT2D eigenvalue weighted by Gasteiger charge is 2.21. The summed E-state index contributed by atoms with van der Waals surface area (Å²) in [4.78, 5) is 16.7. The number of hydrogen-bond acceptors (Lipinski definition) is 5. The van der Waals surface area contributed by atoms with Crippen molar-refractivity contribution >= 4 is 11.6 Å². The number of anilines is 1. The summed E-state index contributed by atoms with van der Waals surface area (Å²) in [5.74, 6) is -0.166. The van der Waals surface area contributed by atoms with Gasteiger partial charge in [0.25, 0.3) is 5.91 Å². The maximum absolute atomic E-state index is 12.5. The van der Waals surface area contributed by atoms with Gasteiger partial charge in [0.15, 0.2) is 0 Å². The number of nitrogens with one attached hydrogen (secondary N) is 1. The standard InChI is InChI=1S/C13H15N5O/c1-8-12(14)7-17-18(8)13(19)11-6-16-5-9-4-15-3-2-10(9)11/h5-7,15H,2-4,14H2,1H3. The Balaban J connectivity index is 2.07. The molecule has 1 aliphatic rings. The first kappa shape index (κ1) is 11.9. The molecule has 2 aromatic heterocycles. The van der Waals surface area contributed by atoms with Crippen LogP contribution in [0.25, 0.3) is 0 Å². The number of rotatable bonds is 1. The van der Waals surface area contributed by atoms with E-state index in [4.69, 9.17) is 5.73 Å². The Kier molecular flexibility index (Phi) is 2.79. The highest BCUT2D eigenvalue weighted by molar-refractivity contribution is 5.97. The topological polar surface area (TPSA) is 85.8 Å². The molecule has 0 aromatic carbocycles. The Labute approximate surface area is 110 Å². The van der Waals surface area contributed by atoms with Crippen LogP contribution in [-0.2, 0) is 13.0 Å². The Morgan fingerprint density at radius 2 is 2.26 bits per heavy atom. The Bertz CT molecular complexity index is 646. The molecule has 3 rings (SSSR count). The molecule has 1 aliphatic heterocycles. The van der Waals surface area contributed by atoms with E-state index in [1.165, 1.54) is 10.9 Å². The summed E-state index contributed by atoms with van der Waals surface area (Å²) >= 11 is 0. The monoisotopic (exact) mass is 257 g/mol. The molecule has 0 amide bonds. The Morgan fingerprint density at radius 1 is 1.42 bits per heavy atom. The number of carbonyl (C=O) groups is 1. The van der Waals surface area contributed by atoms with E-state index in [0.29, 0.717) is 16.9 Å². The largest absolute Gasteiger partial charge is 0.396 e. The number of aromatic nitrogens is 3. The SMILES string of the molecule is Cc1c(N)cnn1C(=O)c1cncc2c1CCNC2. The summed E-state index contributed by atoms with van der Waals surface area (Å²) in [6, 6.07) is 0. The van der Waals surface area contributed by atoms with Crippen LogP contribution in [0.15, 0.2) is 18.6 Å². The first-order valence-corrected chi connectivity index (χ1v) is 6.19. The van der Waals surface area contributed by atoms with Crippen LogP contribution in [0.4, 0.5) is 5.69 Å². The van der Waals surface area contributed by atoms with Gasteiger partial charge in [-0.15, -0.1) is 0 Å². The van der Waals surface area contributed by atoms with Crippen molar-refractivity contribution in [2.75, 3.05) is 12.3 Å². The minimum absolute atomic E-state index is 0.166. The lowest BCUT2D eigenvalue weighted by atomic mass is 9.98. The zero-order chi connectivity index (χ0) is 13.4. The lowest BCUT2D eigenvalue weighted by Gasteiger charge is -2.19. The van der Waals surface area contributed by atoms with Gasteiger partial charge >= 0.3 is 0 Å². The normalized spacial score (nSPS) is 14.2. The molecule has 0 aliphatic carbocycles. The summed E-state index contributed by atoms with van der Waals surface area (Å²) < 4.78 is 1.34. The maximum atomic E-state index is 12.5. The van der Waals surface area contributed by atoms with Gasteiger partial charge in [0, 0.05) is 18.9 Å². The molecule has 98 valence electrons. The van der Waals surface area contributed by atoms with Gasteiger partial charge in [-0.1, -0.05) is 0 Å². The van der Waals surface area contributed by atoms with Crippen LogP contribution in [0, 0.1) is 6.92 Å². The molecule has 0 bridgehead atoms. The molecule has 6 heteroatoms. The van der Waals surface area contributed by atoms with Crippen LogP contribution in [0.3, 0.4) is 0 Å². The van der Waals surface area contributed by atoms with Crippen molar-refractivity contribution in [1.29, 1.82) is 0 Å². The van der Waals surface area contributed by atoms with Gasteiger partial charge in [-0.25, -0.2) is 0 Å². The fraction of sp³-hybridized carbons (Fsp3) is 0.308. The van der Waals surface area contributed by atoms with E-state index in [2.05, 4.69) is 15.4 Å². The number of nitrogen functional groups attached to an aromatic ring is 1. The van der Waals surface area contributed by atoms with E-state index in [0.717, 1.165) is 30.6 Å². The lowest BCUT2D eigenvalue weighted by molar-refractivity contribution is 0.0941. The minimum Gasteiger partial charge on any atom is -0.396 e. The molecular weight excluding hydrogens is 242 g/mol. The number of nitrogens with zero attached hydrogens (tertiary/aromatic N) is 3. The highest BCUT2D eigenvalue weighted by Crippen LogP contribution is 2.19. The fourth-order valence-corrected chi connectivity index (χ4v) is 2.34. The maximum Gasteiger partial charge on any atom is 0.280 e. The van der Waals surface area contributed by atoms with Crippen LogP contribution in [0.5, 0.6) is 0 Å². The van der Waals surface area contributed by atoms with Gasteiger partial charge in [0.1, 0.15) is 0 Å². The predicted molar refractivity (Wildman–Crippen MR) is 70.8 cm³/mol. The van der Waals surface area contributed by atoms with E-state index >= 15 is 0 Å². The number of nitrogens with two attached hydrogens (primary N) is 1. The van der Waals surface area contributed by atoms with Crippen molar-refractivity contribution in [3.05, 3.63) is 41.0 Å². The molecule has 3 heterocycles. The van der Waals surface area contributed by atoms with Gasteiger partial charge in [0.2, 0.25) is 0 Å². The van der Waals surface area contributed by atoms with Crippen LogP contribution in [-0.4, -0.2) is 27.2 Å². The van der Waals surface area contributed by atoms with Crippen molar-refractivity contribution in [3.63, 3.8) is 0 Å². The second kappa shape index (κ2) is 4.47. The molecule has 0 radical (unpaired) electrons. The summed E-state index contributed by atoms with van der Waals surface area (Å²) in [5, 5.41) is 7.31. The second-order valence-corrected chi connectivity index (χ2v) is 4.65. The summed E-state index contributed by atoms with van der Waals surface area (Å²) in [6.07, 6.45) is 5.75. The van der Waals surface area contributed by atoms with Gasteiger partial charge < -0.3 is 11.1 Å². The van der Waals surface area contributed by atoms with Gasteiger partial charge in [-0.3, -0.25) is 9.78 Å². The van der Waals surface area contributed by atoms with Crippen LogP contribution in [0.1, 0.15) is 27.2 Å². The third-order valence-corrected chi connectivity index (χ3v) is 3.48. The first-order chi connectivity index (χ1) is 9.18. The third-order valence-electron chi connectivity index (χ3n) is 3.48. The zero-order valence-corrected chi connectivity index (χ0v) is 10.7. The number of carbonyl (C=O) groups excluding carboxylic acids is 1. The number of pyridine rings is 1. The summed E-state index contributed by atoms with van der Waals surface area (Å²) in [6.45, 7) is 3.41. The molecule has 3 N–H and O–H groups in total. The van der Waals surface area contributed by atoms with E-state index in [-0.39, 0.29) is 5.91 Å². The molecule has 0 saturated heterocycles. The molecule has 0 atom stereocenters. The molecule has 2 aromatic rings. The fourth-order valence-electron chi connectivity index (χ4n) is 2.34. The first-order valence-electron chi connectivity index (χ1n) is 6.19. The van der Waals surface area contributed by atoms with Crippen molar-refractivity contribution in [3.8, 4) is 0 Å². The van der Waals surface area contributed by atoms with E-state index in [9.17, 15) is 4.79 Å². The number of fused-ring (bicyclic) bond motifs is 1. The Morgan fingerprint density at radius 3 is 3.00 bits per heavy atom. The minimum atomic E-state index is -0.166. The molecule has 0 fully saturated rings. The summed E-state index contributed by atoms with van der Waals surface area (Å²) in [5.41, 5.74) is 9.67. The quantitative estimate of drug-likeness (QED) is 0.777. The lowest BCUT2D eigenvalue weighted by Crippen LogP contribution is -2.27. The zero-order valence-electron chi connectivity index (χ0n) is 10.7. The molecule has 6 nitrogen and oxygen atoms in total. The summed E-state index contributed by atoms with van der Waals surface area (Å²) in [7, 11) is 0. The van der Waals surface area contributed by atoms with Crippen LogP contribution < -0.4 is 11.1 Å². The average Bonchev–Trinajstić information content (AvgIpc) is 2.78. The average molecular weight is 257 g/mol. The smallest absolute Gasteiger partial charge is 0.280 e.